The summed E-state index contributed by atoms with van der Waals surface area (Å²) in [6.07, 6.45) is 1.47. The monoisotopic (exact) mass is 325 g/mol. The van der Waals surface area contributed by atoms with Crippen LogP contribution >= 0.6 is 11.3 Å². The minimum atomic E-state index is -3.74. The molecule has 6 nitrogen and oxygen atoms in total. The van der Waals surface area contributed by atoms with Gasteiger partial charge in [0.25, 0.3) is 10.0 Å². The molecule has 0 aliphatic carbocycles. The van der Waals surface area contributed by atoms with Crippen molar-refractivity contribution >= 4 is 32.7 Å². The molecule has 0 atom stereocenters. The summed E-state index contributed by atoms with van der Waals surface area (Å²) in [4.78, 5) is 13.6. The molecule has 0 unspecified atom stereocenters. The number of benzene rings is 1. The second-order valence-corrected chi connectivity index (χ2v) is 7.99. The van der Waals surface area contributed by atoms with E-state index >= 15 is 0 Å². The number of aromatic nitrogens is 1. The molecule has 112 valence electrons. The van der Waals surface area contributed by atoms with E-state index in [4.69, 9.17) is 5.73 Å². The van der Waals surface area contributed by atoms with Crippen LogP contribution in [0.3, 0.4) is 0 Å². The van der Waals surface area contributed by atoms with Crippen molar-refractivity contribution in [1.82, 2.24) is 4.98 Å². The fourth-order valence-electron chi connectivity index (χ4n) is 2.60. The largest absolute Gasteiger partial charge is 0.398 e. The molecule has 21 heavy (non-hydrogen) atoms. The van der Waals surface area contributed by atoms with Gasteiger partial charge in [0, 0.05) is 17.9 Å². The zero-order chi connectivity index (χ0) is 15.2. The van der Waals surface area contributed by atoms with Crippen molar-refractivity contribution < 1.29 is 8.42 Å². The quantitative estimate of drug-likeness (QED) is 0.817. The summed E-state index contributed by atoms with van der Waals surface area (Å²) in [5.74, 6) is 0. The van der Waals surface area contributed by atoms with E-state index in [1.165, 1.54) is 4.31 Å². The highest BCUT2D eigenvalue weighted by Crippen LogP contribution is 2.35. The Morgan fingerprint density at radius 1 is 1.38 bits per heavy atom. The van der Waals surface area contributed by atoms with Crippen LogP contribution in [-0.2, 0) is 16.4 Å². The maximum Gasteiger partial charge on any atom is 0.306 e. The highest BCUT2D eigenvalue weighted by molar-refractivity contribution is 7.94. The minimum Gasteiger partial charge on any atom is -0.398 e. The molecule has 0 saturated heterocycles. The van der Waals surface area contributed by atoms with E-state index in [0.29, 0.717) is 30.0 Å². The summed E-state index contributed by atoms with van der Waals surface area (Å²) in [6, 6.07) is 5.27. The van der Waals surface area contributed by atoms with Crippen LogP contribution in [0.1, 0.15) is 17.7 Å². The second kappa shape index (κ2) is 4.88. The molecule has 0 fully saturated rings. The molecule has 1 aromatic heterocycles. The zero-order valence-electron chi connectivity index (χ0n) is 11.4. The summed E-state index contributed by atoms with van der Waals surface area (Å²) in [6.45, 7) is 1.99. The molecule has 0 bridgehead atoms. The van der Waals surface area contributed by atoms with E-state index < -0.39 is 10.0 Å². The van der Waals surface area contributed by atoms with Gasteiger partial charge in [-0.2, -0.15) is 0 Å². The van der Waals surface area contributed by atoms with E-state index in [0.717, 1.165) is 23.3 Å². The summed E-state index contributed by atoms with van der Waals surface area (Å²) in [5.41, 5.74) is 8.39. The van der Waals surface area contributed by atoms with E-state index in [9.17, 15) is 13.2 Å². The van der Waals surface area contributed by atoms with E-state index in [1.54, 1.807) is 25.1 Å². The molecule has 0 spiro atoms. The van der Waals surface area contributed by atoms with Crippen molar-refractivity contribution in [2.24, 2.45) is 0 Å². The molecule has 2 aromatic rings. The number of hydrogen-bond donors (Lipinski definition) is 2. The van der Waals surface area contributed by atoms with Crippen LogP contribution in [-0.4, -0.2) is 19.9 Å². The first-order valence-corrected chi connectivity index (χ1v) is 8.77. The molecule has 0 amide bonds. The zero-order valence-corrected chi connectivity index (χ0v) is 13.1. The predicted molar refractivity (Wildman–Crippen MR) is 83.4 cm³/mol. The van der Waals surface area contributed by atoms with Crippen molar-refractivity contribution in [3.63, 3.8) is 0 Å². The van der Waals surface area contributed by atoms with Gasteiger partial charge < -0.3 is 10.7 Å². The number of thiazole rings is 1. The van der Waals surface area contributed by atoms with Crippen molar-refractivity contribution in [3.8, 4) is 0 Å². The standard InChI is InChI=1S/C13H15N3O3S2/c1-8-12(20-13(17)15-8)21(18,19)16-7-3-4-9-10(14)5-2-6-11(9)16/h2,5-6H,3-4,7,14H2,1H3,(H,15,17). The first-order chi connectivity index (χ1) is 9.91. The van der Waals surface area contributed by atoms with Gasteiger partial charge in [-0.05, 0) is 37.5 Å². The van der Waals surface area contributed by atoms with Gasteiger partial charge in [-0.25, -0.2) is 8.42 Å². The van der Waals surface area contributed by atoms with Gasteiger partial charge in [0.15, 0.2) is 4.21 Å². The Bertz CT molecular complexity index is 852. The van der Waals surface area contributed by atoms with E-state index in [-0.39, 0.29) is 9.08 Å². The molecule has 0 saturated carbocycles. The highest BCUT2D eigenvalue weighted by Gasteiger charge is 2.32. The van der Waals surface area contributed by atoms with Crippen LogP contribution in [0.5, 0.6) is 0 Å². The normalized spacial score (nSPS) is 15.0. The third-order valence-electron chi connectivity index (χ3n) is 3.55. The summed E-state index contributed by atoms with van der Waals surface area (Å²) in [7, 11) is -3.74. The van der Waals surface area contributed by atoms with Crippen molar-refractivity contribution in [1.29, 1.82) is 0 Å². The van der Waals surface area contributed by atoms with Crippen LogP contribution in [0.25, 0.3) is 0 Å². The maximum absolute atomic E-state index is 12.8. The predicted octanol–water partition coefficient (Wildman–Crippen LogP) is 1.47. The van der Waals surface area contributed by atoms with Crippen LogP contribution in [0.15, 0.2) is 27.2 Å². The fraction of sp³-hybridized carbons (Fsp3) is 0.308. The van der Waals surface area contributed by atoms with Crippen molar-refractivity contribution in [3.05, 3.63) is 39.1 Å². The van der Waals surface area contributed by atoms with Crippen LogP contribution in [0.4, 0.5) is 11.4 Å². The molecule has 2 heterocycles. The van der Waals surface area contributed by atoms with Crippen LogP contribution < -0.4 is 14.9 Å². The number of fused-ring (bicyclic) bond motifs is 1. The van der Waals surface area contributed by atoms with Gasteiger partial charge in [0.1, 0.15) is 0 Å². The minimum absolute atomic E-state index is 0.0720. The molecule has 3 rings (SSSR count). The molecule has 3 N–H and O–H groups in total. The smallest absolute Gasteiger partial charge is 0.306 e. The Balaban J connectivity index is 2.16. The van der Waals surface area contributed by atoms with Gasteiger partial charge in [-0.1, -0.05) is 17.4 Å². The molecule has 1 aromatic carbocycles. The number of anilines is 2. The number of nitrogens with two attached hydrogens (primary N) is 1. The third-order valence-corrected chi connectivity index (χ3v) is 6.94. The Labute approximate surface area is 126 Å². The van der Waals surface area contributed by atoms with E-state index in [2.05, 4.69) is 4.98 Å². The lowest BCUT2D eigenvalue weighted by Gasteiger charge is -2.30. The lowest BCUT2D eigenvalue weighted by Crippen LogP contribution is -2.35. The molecule has 0 radical (unpaired) electrons. The van der Waals surface area contributed by atoms with E-state index in [1.807, 2.05) is 0 Å². The average molecular weight is 325 g/mol. The van der Waals surface area contributed by atoms with Gasteiger partial charge in [0.05, 0.1) is 5.69 Å². The number of aryl methyl sites for hydroxylation is 1. The van der Waals surface area contributed by atoms with Crippen LogP contribution in [0, 0.1) is 6.92 Å². The first-order valence-electron chi connectivity index (χ1n) is 6.51. The summed E-state index contributed by atoms with van der Waals surface area (Å²) in [5, 5.41) is 0. The number of nitrogens with one attached hydrogen (secondary N) is 1. The molecular formula is C13H15N3O3S2. The molecule has 1 aliphatic rings. The highest BCUT2D eigenvalue weighted by atomic mass is 32.2. The number of sulfonamides is 1. The molecule has 1 aliphatic heterocycles. The maximum atomic E-state index is 12.8. The summed E-state index contributed by atoms with van der Waals surface area (Å²) < 4.78 is 27.1. The van der Waals surface area contributed by atoms with Gasteiger partial charge >= 0.3 is 4.87 Å². The SMILES string of the molecule is Cc1[nH]c(=O)sc1S(=O)(=O)N1CCCc2c(N)cccc21. The average Bonchev–Trinajstić information content (AvgIpc) is 2.78. The number of rotatable bonds is 2. The third kappa shape index (κ3) is 2.24. The van der Waals surface area contributed by atoms with Crippen molar-refractivity contribution in [2.75, 3.05) is 16.6 Å². The number of aromatic amines is 1. The number of nitrogens with zero attached hydrogens (tertiary/aromatic N) is 1. The Morgan fingerprint density at radius 3 is 2.81 bits per heavy atom. The lowest BCUT2D eigenvalue weighted by molar-refractivity contribution is 0.588. The first kappa shape index (κ1) is 14.2. The molecule has 8 heteroatoms. The number of nitrogen functional groups attached to an aromatic ring is 1. The summed E-state index contributed by atoms with van der Waals surface area (Å²) >= 11 is 0.722. The topological polar surface area (TPSA) is 96.3 Å². The van der Waals surface area contributed by atoms with Crippen molar-refractivity contribution in [2.45, 2.75) is 24.0 Å². The fourth-order valence-corrected chi connectivity index (χ4v) is 5.54. The molecular weight excluding hydrogens is 310 g/mol. The number of H-pyrrole nitrogens is 1. The lowest BCUT2D eigenvalue weighted by atomic mass is 10.0. The van der Waals surface area contributed by atoms with Crippen LogP contribution in [0.2, 0.25) is 0 Å². The van der Waals surface area contributed by atoms with Gasteiger partial charge in [-0.3, -0.25) is 9.10 Å². The van der Waals surface area contributed by atoms with Gasteiger partial charge in [0.2, 0.25) is 0 Å². The van der Waals surface area contributed by atoms with Gasteiger partial charge in [-0.15, -0.1) is 0 Å². The Hall–Kier alpha value is -1.80. The Kier molecular flexibility index (Phi) is 3.29. The second-order valence-electron chi connectivity index (χ2n) is 4.95. The Morgan fingerprint density at radius 2 is 2.14 bits per heavy atom. The number of hydrogen-bond acceptors (Lipinski definition) is 5.